The number of hydrogen-bond acceptors (Lipinski definition) is 2. The van der Waals surface area contributed by atoms with Gasteiger partial charge in [-0.15, -0.1) is 0 Å². The number of rotatable bonds is 7. The summed E-state index contributed by atoms with van der Waals surface area (Å²) in [6.07, 6.45) is 7.50. The molecule has 1 aliphatic carbocycles. The van der Waals surface area contributed by atoms with E-state index in [4.69, 9.17) is 4.74 Å². The van der Waals surface area contributed by atoms with Gasteiger partial charge in [-0.1, -0.05) is 25.7 Å². The first-order valence-corrected chi connectivity index (χ1v) is 6.57. The topological polar surface area (TPSA) is 21.3 Å². The van der Waals surface area contributed by atoms with Crippen molar-refractivity contribution in [2.75, 3.05) is 13.2 Å². The van der Waals surface area contributed by atoms with Crippen molar-refractivity contribution in [1.82, 2.24) is 5.32 Å². The van der Waals surface area contributed by atoms with E-state index in [0.29, 0.717) is 12.1 Å². The fourth-order valence-electron chi connectivity index (χ4n) is 2.54. The molecule has 0 spiro atoms. The third-order valence-electron chi connectivity index (χ3n) is 3.37. The maximum absolute atomic E-state index is 5.50. The molecule has 1 fully saturated rings. The molecule has 1 rings (SSSR count). The van der Waals surface area contributed by atoms with Crippen LogP contribution in [0.15, 0.2) is 0 Å². The van der Waals surface area contributed by atoms with Crippen molar-refractivity contribution in [3.05, 3.63) is 0 Å². The van der Waals surface area contributed by atoms with E-state index in [1.807, 2.05) is 0 Å². The molecule has 0 aromatic carbocycles. The van der Waals surface area contributed by atoms with Crippen molar-refractivity contribution in [3.63, 3.8) is 0 Å². The molecule has 0 bridgehead atoms. The van der Waals surface area contributed by atoms with Crippen LogP contribution in [-0.2, 0) is 4.74 Å². The smallest absolute Gasteiger partial charge is 0.0671 e. The molecule has 0 saturated heterocycles. The third kappa shape index (κ3) is 5.53. The summed E-state index contributed by atoms with van der Waals surface area (Å²) >= 11 is 0. The molecule has 0 radical (unpaired) electrons. The highest BCUT2D eigenvalue weighted by Gasteiger charge is 2.17. The van der Waals surface area contributed by atoms with Crippen molar-refractivity contribution in [2.45, 2.75) is 65.0 Å². The maximum Gasteiger partial charge on any atom is 0.0671 e. The standard InChI is InChI=1S/C13H27NO/c1-4-15-12(3)10-14-11(2)9-13-7-5-6-8-13/h11-14H,4-10H2,1-3H3. The lowest BCUT2D eigenvalue weighted by atomic mass is 9.99. The van der Waals surface area contributed by atoms with Gasteiger partial charge in [-0.05, 0) is 33.1 Å². The Labute approximate surface area is 94.8 Å². The average Bonchev–Trinajstić information content (AvgIpc) is 2.68. The molecule has 2 unspecified atom stereocenters. The summed E-state index contributed by atoms with van der Waals surface area (Å²) in [5.74, 6) is 0.981. The molecule has 0 aromatic heterocycles. The molecule has 2 nitrogen and oxygen atoms in total. The van der Waals surface area contributed by atoms with Gasteiger partial charge in [0.15, 0.2) is 0 Å². The minimum Gasteiger partial charge on any atom is -0.377 e. The second-order valence-electron chi connectivity index (χ2n) is 4.96. The quantitative estimate of drug-likeness (QED) is 0.702. The lowest BCUT2D eigenvalue weighted by Gasteiger charge is -2.20. The zero-order valence-electron chi connectivity index (χ0n) is 10.6. The van der Waals surface area contributed by atoms with Crippen LogP contribution in [0.3, 0.4) is 0 Å². The van der Waals surface area contributed by atoms with E-state index in [0.717, 1.165) is 19.1 Å². The van der Waals surface area contributed by atoms with Gasteiger partial charge in [0.25, 0.3) is 0 Å². The fraction of sp³-hybridized carbons (Fsp3) is 1.00. The Bertz CT molecular complexity index is 155. The van der Waals surface area contributed by atoms with Crippen LogP contribution in [0.25, 0.3) is 0 Å². The molecule has 0 amide bonds. The summed E-state index contributed by atoms with van der Waals surface area (Å²) < 4.78 is 5.50. The first-order valence-electron chi connectivity index (χ1n) is 6.57. The Balaban J connectivity index is 2.04. The highest BCUT2D eigenvalue weighted by molar-refractivity contribution is 4.73. The number of nitrogens with one attached hydrogen (secondary N) is 1. The summed E-state index contributed by atoms with van der Waals surface area (Å²) in [5, 5.41) is 3.57. The highest BCUT2D eigenvalue weighted by Crippen LogP contribution is 2.28. The third-order valence-corrected chi connectivity index (χ3v) is 3.37. The SMILES string of the molecule is CCOC(C)CNC(C)CC1CCCC1. The summed E-state index contributed by atoms with van der Waals surface area (Å²) in [5.41, 5.74) is 0. The van der Waals surface area contributed by atoms with E-state index in [-0.39, 0.29) is 0 Å². The molecular formula is C13H27NO. The van der Waals surface area contributed by atoms with E-state index in [9.17, 15) is 0 Å². The molecule has 2 heteroatoms. The Hall–Kier alpha value is -0.0800. The number of hydrogen-bond donors (Lipinski definition) is 1. The molecule has 1 N–H and O–H groups in total. The Kier molecular flexibility index (Phi) is 6.26. The zero-order chi connectivity index (χ0) is 11.1. The van der Waals surface area contributed by atoms with Crippen molar-refractivity contribution >= 4 is 0 Å². The minimum absolute atomic E-state index is 0.348. The van der Waals surface area contributed by atoms with Crippen LogP contribution in [0, 0.1) is 5.92 Å². The second-order valence-corrected chi connectivity index (χ2v) is 4.96. The van der Waals surface area contributed by atoms with E-state index in [1.165, 1.54) is 32.1 Å². The molecule has 0 aliphatic heterocycles. The molecule has 0 aromatic rings. The van der Waals surface area contributed by atoms with Gasteiger partial charge in [0.1, 0.15) is 0 Å². The van der Waals surface area contributed by atoms with Gasteiger partial charge < -0.3 is 10.1 Å². The van der Waals surface area contributed by atoms with Crippen LogP contribution in [-0.4, -0.2) is 25.3 Å². The average molecular weight is 213 g/mol. The van der Waals surface area contributed by atoms with Crippen LogP contribution in [0.5, 0.6) is 0 Å². The summed E-state index contributed by atoms with van der Waals surface area (Å²) in [4.78, 5) is 0. The predicted molar refractivity (Wildman–Crippen MR) is 65.1 cm³/mol. The minimum atomic E-state index is 0.348. The van der Waals surface area contributed by atoms with Crippen LogP contribution in [0.4, 0.5) is 0 Å². The van der Waals surface area contributed by atoms with Crippen molar-refractivity contribution < 1.29 is 4.74 Å². The monoisotopic (exact) mass is 213 g/mol. The lowest BCUT2D eigenvalue weighted by molar-refractivity contribution is 0.0737. The van der Waals surface area contributed by atoms with Crippen molar-refractivity contribution in [2.24, 2.45) is 5.92 Å². The second kappa shape index (κ2) is 7.24. The fourth-order valence-corrected chi connectivity index (χ4v) is 2.54. The molecule has 2 atom stereocenters. The van der Waals surface area contributed by atoms with Crippen LogP contribution >= 0.6 is 0 Å². The summed E-state index contributed by atoms with van der Waals surface area (Å²) in [6, 6.07) is 0.649. The van der Waals surface area contributed by atoms with Crippen LogP contribution in [0.1, 0.15) is 52.9 Å². The summed E-state index contributed by atoms with van der Waals surface area (Å²) in [7, 11) is 0. The van der Waals surface area contributed by atoms with E-state index < -0.39 is 0 Å². The van der Waals surface area contributed by atoms with Crippen molar-refractivity contribution in [1.29, 1.82) is 0 Å². The molecule has 1 aliphatic rings. The highest BCUT2D eigenvalue weighted by atomic mass is 16.5. The summed E-state index contributed by atoms with van der Waals surface area (Å²) in [6.45, 7) is 8.30. The van der Waals surface area contributed by atoms with Crippen LogP contribution < -0.4 is 5.32 Å². The first kappa shape index (κ1) is 13.0. The largest absolute Gasteiger partial charge is 0.377 e. The zero-order valence-corrected chi connectivity index (χ0v) is 10.6. The normalized spacial score (nSPS) is 21.8. The van der Waals surface area contributed by atoms with Gasteiger partial charge >= 0.3 is 0 Å². The molecule has 0 heterocycles. The molecule has 1 saturated carbocycles. The van der Waals surface area contributed by atoms with Gasteiger partial charge in [0, 0.05) is 19.2 Å². The van der Waals surface area contributed by atoms with Gasteiger partial charge in [0.05, 0.1) is 6.10 Å². The van der Waals surface area contributed by atoms with Crippen molar-refractivity contribution in [3.8, 4) is 0 Å². The molecule has 15 heavy (non-hydrogen) atoms. The van der Waals surface area contributed by atoms with Gasteiger partial charge in [0.2, 0.25) is 0 Å². The van der Waals surface area contributed by atoms with Crippen LogP contribution in [0.2, 0.25) is 0 Å². The van der Waals surface area contributed by atoms with Gasteiger partial charge in [-0.3, -0.25) is 0 Å². The van der Waals surface area contributed by atoms with Gasteiger partial charge in [-0.25, -0.2) is 0 Å². The van der Waals surface area contributed by atoms with E-state index >= 15 is 0 Å². The van der Waals surface area contributed by atoms with E-state index in [1.54, 1.807) is 0 Å². The number of ether oxygens (including phenoxy) is 1. The Morgan fingerprint density at radius 2 is 1.93 bits per heavy atom. The predicted octanol–water partition coefficient (Wildman–Crippen LogP) is 2.97. The Morgan fingerprint density at radius 1 is 1.27 bits per heavy atom. The lowest BCUT2D eigenvalue weighted by Crippen LogP contribution is -2.34. The molecular weight excluding hydrogens is 186 g/mol. The maximum atomic E-state index is 5.50. The van der Waals surface area contributed by atoms with Gasteiger partial charge in [-0.2, -0.15) is 0 Å². The first-order chi connectivity index (χ1) is 7.22. The Morgan fingerprint density at radius 3 is 2.53 bits per heavy atom. The molecule has 90 valence electrons. The van der Waals surface area contributed by atoms with E-state index in [2.05, 4.69) is 26.1 Å².